The lowest BCUT2D eigenvalue weighted by Gasteiger charge is -2.29. The van der Waals surface area contributed by atoms with E-state index in [9.17, 15) is 9.59 Å². The molecule has 2 aromatic rings. The van der Waals surface area contributed by atoms with Gasteiger partial charge in [-0.1, -0.05) is 48.5 Å². The van der Waals surface area contributed by atoms with Gasteiger partial charge in [0.05, 0.1) is 0 Å². The summed E-state index contributed by atoms with van der Waals surface area (Å²) in [5, 5.41) is 0.563. The molecule has 0 amide bonds. The fourth-order valence-corrected chi connectivity index (χ4v) is 3.21. The molecule has 0 fully saturated rings. The number of ether oxygens (including phenoxy) is 1. The Morgan fingerprint density at radius 2 is 1.77 bits per heavy atom. The summed E-state index contributed by atoms with van der Waals surface area (Å²) in [6.07, 6.45) is 0. The number of aliphatic imine (C=N–C) groups is 1. The van der Waals surface area contributed by atoms with E-state index < -0.39 is 17.4 Å². The Bertz CT molecular complexity index is 903. The Morgan fingerprint density at radius 3 is 2.35 bits per heavy atom. The van der Waals surface area contributed by atoms with Gasteiger partial charge in [-0.05, 0) is 49.2 Å². The van der Waals surface area contributed by atoms with E-state index in [-0.39, 0.29) is 11.7 Å². The van der Waals surface area contributed by atoms with Gasteiger partial charge >= 0.3 is 5.97 Å². The van der Waals surface area contributed by atoms with Crippen LogP contribution in [0.1, 0.15) is 30.9 Å². The minimum atomic E-state index is -1.29. The highest BCUT2D eigenvalue weighted by Crippen LogP contribution is 2.41. The van der Waals surface area contributed by atoms with Crippen LogP contribution in [0.2, 0.25) is 5.02 Å². The normalized spacial score (nSPS) is 20.3. The Kier molecular flexibility index (Phi) is 4.79. The van der Waals surface area contributed by atoms with Gasteiger partial charge in [0, 0.05) is 16.5 Å². The maximum Gasteiger partial charge on any atom is 0.341 e. The second-order valence-corrected chi connectivity index (χ2v) is 6.82. The highest BCUT2D eigenvalue weighted by Gasteiger charge is 2.50. The monoisotopic (exact) mass is 367 g/mol. The first-order valence-corrected chi connectivity index (χ1v) is 8.53. The maximum absolute atomic E-state index is 12.8. The average Bonchev–Trinajstić information content (AvgIpc) is 2.93. The van der Waals surface area contributed by atoms with Gasteiger partial charge in [0.25, 0.3) is 0 Å². The summed E-state index contributed by atoms with van der Waals surface area (Å²) in [5.41, 5.74) is 0.437. The van der Waals surface area contributed by atoms with Crippen LogP contribution >= 0.6 is 11.6 Å². The summed E-state index contributed by atoms with van der Waals surface area (Å²) in [6.45, 7) is 7.01. The SMILES string of the molecule is C=C(C(C)=O)[C@@H](c1ccc(Cl)cc1)[C@]1(C)N=C(c2ccccc2)OC1=O. The molecule has 132 valence electrons. The lowest BCUT2D eigenvalue weighted by molar-refractivity contribution is -0.138. The van der Waals surface area contributed by atoms with Crippen LogP contribution in [-0.4, -0.2) is 23.2 Å². The van der Waals surface area contributed by atoms with Gasteiger partial charge in [-0.3, -0.25) is 4.79 Å². The number of Topliss-reactive ketones (excluding diaryl/α,β-unsaturated/α-hetero) is 1. The van der Waals surface area contributed by atoms with E-state index in [1.165, 1.54) is 6.92 Å². The van der Waals surface area contributed by atoms with E-state index in [1.807, 2.05) is 30.3 Å². The largest absolute Gasteiger partial charge is 0.405 e. The molecule has 0 N–H and O–H groups in total. The quantitative estimate of drug-likeness (QED) is 0.583. The van der Waals surface area contributed by atoms with Crippen LogP contribution in [0, 0.1) is 0 Å². The third kappa shape index (κ3) is 3.20. The number of carbonyl (C=O) groups excluding carboxylic acids is 2. The van der Waals surface area contributed by atoms with Crippen LogP contribution in [-0.2, 0) is 14.3 Å². The molecule has 5 heteroatoms. The molecule has 4 nitrogen and oxygen atoms in total. The number of cyclic esters (lactones) is 1. The summed E-state index contributed by atoms with van der Waals surface area (Å²) < 4.78 is 5.45. The molecule has 26 heavy (non-hydrogen) atoms. The lowest BCUT2D eigenvalue weighted by Crippen LogP contribution is -2.39. The zero-order valence-electron chi connectivity index (χ0n) is 14.5. The van der Waals surface area contributed by atoms with Crippen molar-refractivity contribution in [1.82, 2.24) is 0 Å². The number of hydrogen-bond acceptors (Lipinski definition) is 4. The Morgan fingerprint density at radius 1 is 1.15 bits per heavy atom. The molecule has 0 saturated heterocycles. The third-order valence-electron chi connectivity index (χ3n) is 4.52. The van der Waals surface area contributed by atoms with Gasteiger partial charge in [0.15, 0.2) is 11.3 Å². The van der Waals surface area contributed by atoms with Crippen LogP contribution in [0.4, 0.5) is 0 Å². The lowest BCUT2D eigenvalue weighted by atomic mass is 9.75. The van der Waals surface area contributed by atoms with E-state index in [2.05, 4.69) is 11.6 Å². The van der Waals surface area contributed by atoms with Crippen molar-refractivity contribution in [3.8, 4) is 0 Å². The molecule has 0 aromatic heterocycles. The molecule has 2 aromatic carbocycles. The molecule has 0 unspecified atom stereocenters. The highest BCUT2D eigenvalue weighted by atomic mass is 35.5. The van der Waals surface area contributed by atoms with E-state index in [0.29, 0.717) is 16.2 Å². The van der Waals surface area contributed by atoms with Crippen molar-refractivity contribution in [1.29, 1.82) is 0 Å². The number of ketones is 1. The van der Waals surface area contributed by atoms with Crippen LogP contribution in [0.5, 0.6) is 0 Å². The second-order valence-electron chi connectivity index (χ2n) is 6.39. The molecule has 0 spiro atoms. The Hall–Kier alpha value is -2.72. The minimum Gasteiger partial charge on any atom is -0.405 e. The van der Waals surface area contributed by atoms with Crippen molar-refractivity contribution in [2.45, 2.75) is 25.3 Å². The third-order valence-corrected chi connectivity index (χ3v) is 4.78. The molecule has 1 aliphatic rings. The Balaban J connectivity index is 2.11. The number of rotatable bonds is 5. The number of carbonyl (C=O) groups is 2. The second kappa shape index (κ2) is 6.89. The fraction of sp³-hybridized carbons (Fsp3) is 0.190. The fourth-order valence-electron chi connectivity index (χ4n) is 3.08. The van der Waals surface area contributed by atoms with Crippen molar-refractivity contribution < 1.29 is 14.3 Å². The van der Waals surface area contributed by atoms with E-state index in [4.69, 9.17) is 16.3 Å². The number of esters is 1. The molecule has 0 radical (unpaired) electrons. The standard InChI is InChI=1S/C21H18ClNO3/c1-13(14(2)24)18(15-9-11-17(22)12-10-15)21(3)20(25)26-19(23-21)16-7-5-4-6-8-16/h4-12,18H,1H2,2-3H3/t18-,21-/m0/s1. The van der Waals surface area contributed by atoms with Gasteiger partial charge in [0.1, 0.15) is 0 Å². The van der Waals surface area contributed by atoms with Gasteiger partial charge < -0.3 is 4.74 Å². The molecule has 0 saturated carbocycles. The molecule has 3 rings (SSSR count). The van der Waals surface area contributed by atoms with Crippen molar-refractivity contribution >= 4 is 29.3 Å². The van der Waals surface area contributed by atoms with Crippen molar-refractivity contribution in [2.75, 3.05) is 0 Å². The first-order chi connectivity index (χ1) is 12.3. The highest BCUT2D eigenvalue weighted by molar-refractivity contribution is 6.30. The first-order valence-electron chi connectivity index (χ1n) is 8.15. The predicted molar refractivity (Wildman–Crippen MR) is 101 cm³/mol. The summed E-state index contributed by atoms with van der Waals surface area (Å²) in [5.74, 6) is -1.12. The van der Waals surface area contributed by atoms with Crippen LogP contribution in [0.25, 0.3) is 0 Å². The van der Waals surface area contributed by atoms with Gasteiger partial charge in [0.2, 0.25) is 5.90 Å². The smallest absolute Gasteiger partial charge is 0.341 e. The first kappa shape index (κ1) is 18.1. The number of halogens is 1. The Labute approximate surface area is 157 Å². The maximum atomic E-state index is 12.8. The zero-order chi connectivity index (χ0) is 18.9. The van der Waals surface area contributed by atoms with Gasteiger partial charge in [-0.15, -0.1) is 0 Å². The van der Waals surface area contributed by atoms with Crippen molar-refractivity contribution in [3.63, 3.8) is 0 Å². The topological polar surface area (TPSA) is 55.7 Å². The van der Waals surface area contributed by atoms with E-state index in [0.717, 1.165) is 5.56 Å². The molecular formula is C21H18ClNO3. The number of nitrogens with zero attached hydrogens (tertiary/aromatic N) is 1. The average molecular weight is 368 g/mol. The molecule has 2 atom stereocenters. The molecule has 1 aliphatic heterocycles. The van der Waals surface area contributed by atoms with Crippen LogP contribution in [0.3, 0.4) is 0 Å². The number of benzene rings is 2. The van der Waals surface area contributed by atoms with Gasteiger partial charge in [-0.2, -0.15) is 0 Å². The molecule has 1 heterocycles. The van der Waals surface area contributed by atoms with Gasteiger partial charge in [-0.25, -0.2) is 9.79 Å². The zero-order valence-corrected chi connectivity index (χ0v) is 15.3. The van der Waals surface area contributed by atoms with E-state index in [1.54, 1.807) is 31.2 Å². The van der Waals surface area contributed by atoms with Crippen molar-refractivity contribution in [3.05, 3.63) is 82.9 Å². The van der Waals surface area contributed by atoms with Crippen molar-refractivity contribution in [2.24, 2.45) is 4.99 Å². The summed E-state index contributed by atoms with van der Waals surface area (Å²) in [4.78, 5) is 29.4. The molecular weight excluding hydrogens is 350 g/mol. The minimum absolute atomic E-state index is 0.206. The number of hydrogen-bond donors (Lipinski definition) is 0. The summed E-state index contributed by atoms with van der Waals surface area (Å²) >= 11 is 5.98. The molecule has 0 bridgehead atoms. The summed E-state index contributed by atoms with van der Waals surface area (Å²) in [7, 11) is 0. The predicted octanol–water partition coefficient (Wildman–Crippen LogP) is 4.33. The summed E-state index contributed by atoms with van der Waals surface area (Å²) in [6, 6.07) is 16.1. The van der Waals surface area contributed by atoms with Crippen LogP contribution in [0.15, 0.2) is 71.7 Å². The van der Waals surface area contributed by atoms with E-state index >= 15 is 0 Å². The van der Waals surface area contributed by atoms with Crippen LogP contribution < -0.4 is 0 Å². The molecule has 0 aliphatic carbocycles.